The fourth-order valence-corrected chi connectivity index (χ4v) is 3.11. The molecule has 22 heavy (non-hydrogen) atoms. The lowest BCUT2D eigenvalue weighted by molar-refractivity contribution is 1.17. The van der Waals surface area contributed by atoms with Crippen LogP contribution < -0.4 is 5.32 Å². The largest absolute Gasteiger partial charge is 0.316 e. The molecule has 4 aromatic rings. The molecule has 0 aliphatic rings. The molecule has 0 saturated heterocycles. The van der Waals surface area contributed by atoms with E-state index in [9.17, 15) is 0 Å². The van der Waals surface area contributed by atoms with Crippen molar-refractivity contribution in [2.45, 2.75) is 6.92 Å². The lowest BCUT2D eigenvalue weighted by Crippen LogP contribution is -1.93. The molecule has 4 heterocycles. The Kier molecular flexibility index (Phi) is 3.08. The van der Waals surface area contributed by atoms with Gasteiger partial charge in [0.1, 0.15) is 17.2 Å². The molecule has 108 valence electrons. The van der Waals surface area contributed by atoms with Crippen LogP contribution in [-0.4, -0.2) is 19.4 Å². The summed E-state index contributed by atoms with van der Waals surface area (Å²) in [5.41, 5.74) is 3.85. The summed E-state index contributed by atoms with van der Waals surface area (Å²) in [4.78, 5) is 13.5. The van der Waals surface area contributed by atoms with Crippen molar-refractivity contribution >= 4 is 27.9 Å². The number of pyridine rings is 2. The number of hydrogen-bond donors (Lipinski definition) is 1. The van der Waals surface area contributed by atoms with E-state index in [-0.39, 0.29) is 0 Å². The molecule has 0 aliphatic carbocycles. The smallest absolute Gasteiger partial charge is 0.188 e. The van der Waals surface area contributed by atoms with Crippen molar-refractivity contribution in [3.05, 3.63) is 59.9 Å². The highest BCUT2D eigenvalue weighted by atomic mass is 32.1. The molecule has 0 aromatic carbocycles. The summed E-state index contributed by atoms with van der Waals surface area (Å²) < 4.78 is 2.06. The maximum absolute atomic E-state index is 4.67. The molecule has 0 saturated carbocycles. The second-order valence-electron chi connectivity index (χ2n) is 4.85. The van der Waals surface area contributed by atoms with Crippen molar-refractivity contribution in [2.24, 2.45) is 0 Å². The molecule has 0 atom stereocenters. The Hall–Kier alpha value is -2.73. The summed E-state index contributed by atoms with van der Waals surface area (Å²) in [6.45, 7) is 2.01. The molecule has 0 bridgehead atoms. The molecule has 0 fully saturated rings. The van der Waals surface area contributed by atoms with E-state index in [0.29, 0.717) is 0 Å². The minimum Gasteiger partial charge on any atom is -0.316 e. The molecule has 4 rings (SSSR count). The first-order chi connectivity index (χ1) is 10.8. The normalized spacial score (nSPS) is 11.0. The zero-order valence-corrected chi connectivity index (χ0v) is 12.7. The molecule has 0 unspecified atom stereocenters. The van der Waals surface area contributed by atoms with Gasteiger partial charge in [-0.3, -0.25) is 4.40 Å². The van der Waals surface area contributed by atoms with Crippen LogP contribution in [0.3, 0.4) is 0 Å². The fraction of sp³-hybridized carbons (Fsp3) is 0.0625. The van der Waals surface area contributed by atoms with Crippen LogP contribution in [0.25, 0.3) is 17.0 Å². The lowest BCUT2D eigenvalue weighted by Gasteiger charge is -2.00. The highest BCUT2D eigenvalue weighted by molar-refractivity contribution is 7.14. The second-order valence-corrected chi connectivity index (χ2v) is 5.71. The Morgan fingerprint density at radius 1 is 1.09 bits per heavy atom. The number of anilines is 2. The molecule has 4 aromatic heterocycles. The van der Waals surface area contributed by atoms with Gasteiger partial charge in [0.2, 0.25) is 0 Å². The number of aryl methyl sites for hydroxylation is 1. The van der Waals surface area contributed by atoms with E-state index < -0.39 is 0 Å². The standard InChI is InChI=1S/C16H13N5S/c1-11-15(21-9-5-3-7-14(21)18-11)12-10-22-16(19-12)20-13-6-2-4-8-17-13/h2-10H,1H3,(H,17,19,20). The average Bonchev–Trinajstić information content (AvgIpc) is 3.11. The first-order valence-electron chi connectivity index (χ1n) is 6.89. The van der Waals surface area contributed by atoms with Crippen LogP contribution >= 0.6 is 11.3 Å². The van der Waals surface area contributed by atoms with Crippen LogP contribution in [0.4, 0.5) is 10.9 Å². The second kappa shape index (κ2) is 5.23. The zero-order valence-electron chi connectivity index (χ0n) is 11.9. The highest BCUT2D eigenvalue weighted by Crippen LogP contribution is 2.29. The van der Waals surface area contributed by atoms with Crippen molar-refractivity contribution in [3.8, 4) is 11.4 Å². The minimum atomic E-state index is 0.790. The predicted octanol–water partition coefficient (Wildman–Crippen LogP) is 3.90. The van der Waals surface area contributed by atoms with E-state index >= 15 is 0 Å². The fourth-order valence-electron chi connectivity index (χ4n) is 2.41. The number of aromatic nitrogens is 4. The third kappa shape index (κ3) is 2.23. The van der Waals surface area contributed by atoms with Gasteiger partial charge >= 0.3 is 0 Å². The number of fused-ring (bicyclic) bond motifs is 1. The van der Waals surface area contributed by atoms with Crippen molar-refractivity contribution in [2.75, 3.05) is 5.32 Å². The minimum absolute atomic E-state index is 0.790. The van der Waals surface area contributed by atoms with Gasteiger partial charge in [0.15, 0.2) is 5.13 Å². The number of rotatable bonds is 3. The van der Waals surface area contributed by atoms with Gasteiger partial charge in [-0.2, -0.15) is 0 Å². The summed E-state index contributed by atoms with van der Waals surface area (Å²) in [6, 6.07) is 11.7. The molecule has 5 nitrogen and oxygen atoms in total. The molecule has 1 N–H and O–H groups in total. The summed E-state index contributed by atoms with van der Waals surface area (Å²) in [7, 11) is 0. The summed E-state index contributed by atoms with van der Waals surface area (Å²) in [6.07, 6.45) is 3.77. The first-order valence-corrected chi connectivity index (χ1v) is 7.77. The molecule has 0 spiro atoms. The van der Waals surface area contributed by atoms with Crippen LogP contribution in [-0.2, 0) is 0 Å². The summed E-state index contributed by atoms with van der Waals surface area (Å²) in [5, 5.41) is 6.08. The van der Waals surface area contributed by atoms with Crippen molar-refractivity contribution < 1.29 is 0 Å². The van der Waals surface area contributed by atoms with Gasteiger partial charge in [0.05, 0.1) is 11.4 Å². The molecule has 0 amide bonds. The zero-order chi connectivity index (χ0) is 14.9. The van der Waals surface area contributed by atoms with Crippen LogP contribution in [0, 0.1) is 6.92 Å². The quantitative estimate of drug-likeness (QED) is 0.623. The van der Waals surface area contributed by atoms with Gasteiger partial charge in [-0.05, 0) is 31.2 Å². The summed E-state index contributed by atoms with van der Waals surface area (Å²) >= 11 is 1.56. The SMILES string of the molecule is Cc1nc2ccccn2c1-c1csc(Nc2ccccn2)n1. The van der Waals surface area contributed by atoms with Crippen LogP contribution in [0.2, 0.25) is 0 Å². The highest BCUT2D eigenvalue weighted by Gasteiger charge is 2.13. The maximum atomic E-state index is 4.67. The molecule has 6 heteroatoms. The van der Waals surface area contributed by atoms with E-state index in [2.05, 4.69) is 24.7 Å². The predicted molar refractivity (Wildman–Crippen MR) is 88.6 cm³/mol. The number of imidazole rings is 1. The van der Waals surface area contributed by atoms with E-state index in [1.807, 2.05) is 54.9 Å². The third-order valence-electron chi connectivity index (χ3n) is 3.35. The van der Waals surface area contributed by atoms with E-state index in [4.69, 9.17) is 0 Å². The van der Waals surface area contributed by atoms with Gasteiger partial charge in [0.25, 0.3) is 0 Å². The third-order valence-corrected chi connectivity index (χ3v) is 4.11. The Balaban J connectivity index is 1.73. The number of nitrogens with one attached hydrogen (secondary N) is 1. The number of nitrogens with zero attached hydrogens (tertiary/aromatic N) is 4. The monoisotopic (exact) mass is 307 g/mol. The molecular weight excluding hydrogens is 294 g/mol. The van der Waals surface area contributed by atoms with Gasteiger partial charge in [-0.25, -0.2) is 15.0 Å². The molecule has 0 aliphatic heterocycles. The lowest BCUT2D eigenvalue weighted by atomic mass is 10.3. The summed E-state index contributed by atoms with van der Waals surface area (Å²) in [5.74, 6) is 0.790. The Morgan fingerprint density at radius 3 is 2.86 bits per heavy atom. The van der Waals surface area contributed by atoms with Crippen LogP contribution in [0.1, 0.15) is 5.69 Å². The van der Waals surface area contributed by atoms with Crippen LogP contribution in [0.15, 0.2) is 54.2 Å². The van der Waals surface area contributed by atoms with Gasteiger partial charge in [-0.1, -0.05) is 12.1 Å². The van der Waals surface area contributed by atoms with Gasteiger partial charge < -0.3 is 5.32 Å². The van der Waals surface area contributed by atoms with Gasteiger partial charge in [-0.15, -0.1) is 11.3 Å². The number of thiazole rings is 1. The van der Waals surface area contributed by atoms with E-state index in [1.54, 1.807) is 17.5 Å². The Bertz CT molecular complexity index is 926. The number of hydrogen-bond acceptors (Lipinski definition) is 5. The first kappa shape index (κ1) is 13.0. The average molecular weight is 307 g/mol. The van der Waals surface area contributed by atoms with Crippen molar-refractivity contribution in [3.63, 3.8) is 0 Å². The molecule has 0 radical (unpaired) electrons. The van der Waals surface area contributed by atoms with Crippen LogP contribution in [0.5, 0.6) is 0 Å². The van der Waals surface area contributed by atoms with Crippen molar-refractivity contribution in [1.29, 1.82) is 0 Å². The van der Waals surface area contributed by atoms with Gasteiger partial charge in [0, 0.05) is 17.8 Å². The molecular formula is C16H13N5S. The maximum Gasteiger partial charge on any atom is 0.188 e. The van der Waals surface area contributed by atoms with Crippen molar-refractivity contribution in [1.82, 2.24) is 19.4 Å². The topological polar surface area (TPSA) is 55.1 Å². The van der Waals surface area contributed by atoms with E-state index in [0.717, 1.165) is 33.7 Å². The Morgan fingerprint density at radius 2 is 2.00 bits per heavy atom. The Labute approximate surface area is 131 Å². The van der Waals surface area contributed by atoms with E-state index in [1.165, 1.54) is 0 Å².